The molecule has 2 amide bonds. The molecule has 6 nitrogen and oxygen atoms in total. The summed E-state index contributed by atoms with van der Waals surface area (Å²) < 4.78 is 5.90. The van der Waals surface area contributed by atoms with Crippen LogP contribution in [0.3, 0.4) is 0 Å². The Morgan fingerprint density at radius 1 is 1.17 bits per heavy atom. The average Bonchev–Trinajstić information content (AvgIpc) is 2.75. The molecule has 0 spiro atoms. The van der Waals surface area contributed by atoms with Crippen molar-refractivity contribution in [3.05, 3.63) is 24.3 Å². The Kier molecular flexibility index (Phi) is 7.64. The summed E-state index contributed by atoms with van der Waals surface area (Å²) >= 11 is 0. The van der Waals surface area contributed by atoms with Gasteiger partial charge in [0.2, 0.25) is 0 Å². The van der Waals surface area contributed by atoms with E-state index >= 15 is 0 Å². The number of ether oxygens (including phenoxy) is 1. The molecule has 3 rings (SSSR count). The highest BCUT2D eigenvalue weighted by molar-refractivity contribution is 5.93. The predicted octanol–water partition coefficient (Wildman–Crippen LogP) is 4.28. The highest BCUT2D eigenvalue weighted by Crippen LogP contribution is 2.46. The molecule has 1 aromatic rings. The number of amides is 2. The van der Waals surface area contributed by atoms with Gasteiger partial charge >= 0.3 is 6.03 Å². The van der Waals surface area contributed by atoms with E-state index in [1.165, 1.54) is 0 Å². The first-order valence-electron chi connectivity index (χ1n) is 11.7. The van der Waals surface area contributed by atoms with Crippen LogP contribution in [0.5, 0.6) is 0 Å². The van der Waals surface area contributed by atoms with E-state index in [1.807, 2.05) is 24.0 Å². The van der Waals surface area contributed by atoms with Gasteiger partial charge in [-0.25, -0.2) is 4.79 Å². The quantitative estimate of drug-likeness (QED) is 0.687. The summed E-state index contributed by atoms with van der Waals surface area (Å²) in [4.78, 5) is 20.3. The minimum Gasteiger partial charge on any atom is -0.378 e. The van der Waals surface area contributed by atoms with Gasteiger partial charge in [0.05, 0.1) is 17.5 Å². The van der Waals surface area contributed by atoms with Crippen molar-refractivity contribution in [1.29, 1.82) is 0 Å². The number of nitrogens with zero attached hydrogens (tertiary/aromatic N) is 3. The molecule has 1 N–H and O–H groups in total. The number of urea groups is 1. The van der Waals surface area contributed by atoms with Crippen LogP contribution in [0, 0.1) is 5.41 Å². The number of likely N-dealkylation sites (N-methyl/N-ethyl adjacent to an activating group) is 1. The zero-order valence-corrected chi connectivity index (χ0v) is 19.5. The number of hydrogen-bond acceptors (Lipinski definition) is 4. The highest BCUT2D eigenvalue weighted by Gasteiger charge is 2.52. The average molecular weight is 417 g/mol. The smallest absolute Gasteiger partial charge is 0.322 e. The molecular formula is C24H40N4O2. The number of rotatable bonds is 8. The van der Waals surface area contributed by atoms with Crippen molar-refractivity contribution in [1.82, 2.24) is 9.80 Å². The fraction of sp³-hybridized carbons (Fsp3) is 0.708. The maximum absolute atomic E-state index is 13.4. The summed E-state index contributed by atoms with van der Waals surface area (Å²) in [5.74, 6) is 0. The minimum atomic E-state index is -0.0292. The van der Waals surface area contributed by atoms with Crippen molar-refractivity contribution >= 4 is 17.4 Å². The molecule has 0 aromatic heterocycles. The van der Waals surface area contributed by atoms with Crippen LogP contribution in [0.2, 0.25) is 0 Å². The highest BCUT2D eigenvalue weighted by atomic mass is 16.5. The molecule has 2 fully saturated rings. The molecule has 1 saturated heterocycles. The van der Waals surface area contributed by atoms with E-state index in [1.54, 1.807) is 0 Å². The number of nitrogens with one attached hydrogen (secondary N) is 1. The lowest BCUT2D eigenvalue weighted by atomic mass is 9.63. The summed E-state index contributed by atoms with van der Waals surface area (Å²) in [6.45, 7) is 17.5. The van der Waals surface area contributed by atoms with Gasteiger partial charge in [0.15, 0.2) is 0 Å². The number of carbonyl (C=O) groups excluding carboxylic acids is 1. The number of hydrogen-bond donors (Lipinski definition) is 1. The second-order valence-corrected chi connectivity index (χ2v) is 9.08. The summed E-state index contributed by atoms with van der Waals surface area (Å²) in [5.41, 5.74) is 2.00. The number of para-hydroxylation sites is 2. The van der Waals surface area contributed by atoms with Crippen molar-refractivity contribution < 1.29 is 9.53 Å². The molecule has 1 heterocycles. The monoisotopic (exact) mass is 416 g/mol. The van der Waals surface area contributed by atoms with Crippen LogP contribution in [0.15, 0.2) is 24.3 Å². The van der Waals surface area contributed by atoms with E-state index in [2.05, 4.69) is 54.9 Å². The van der Waals surface area contributed by atoms with Gasteiger partial charge in [0.1, 0.15) is 0 Å². The van der Waals surface area contributed by atoms with Crippen molar-refractivity contribution in [2.75, 3.05) is 56.1 Å². The predicted molar refractivity (Wildman–Crippen MR) is 124 cm³/mol. The molecule has 6 heteroatoms. The van der Waals surface area contributed by atoms with Gasteiger partial charge in [0, 0.05) is 50.8 Å². The lowest BCUT2D eigenvalue weighted by Gasteiger charge is -2.55. The van der Waals surface area contributed by atoms with Crippen LogP contribution in [0.25, 0.3) is 0 Å². The van der Waals surface area contributed by atoms with E-state index in [4.69, 9.17) is 4.74 Å². The first kappa shape index (κ1) is 22.9. The van der Waals surface area contributed by atoms with Crippen LogP contribution in [0.1, 0.15) is 47.5 Å². The molecule has 0 unspecified atom stereocenters. The lowest BCUT2D eigenvalue weighted by molar-refractivity contribution is -0.138. The summed E-state index contributed by atoms with van der Waals surface area (Å²) in [5, 5.41) is 3.24. The second-order valence-electron chi connectivity index (χ2n) is 9.08. The number of carbonyl (C=O) groups is 1. The van der Waals surface area contributed by atoms with Crippen molar-refractivity contribution in [3.63, 3.8) is 0 Å². The molecule has 1 saturated carbocycles. The Labute approximate surface area is 182 Å². The summed E-state index contributed by atoms with van der Waals surface area (Å²) in [7, 11) is 0. The topological polar surface area (TPSA) is 48.1 Å². The first-order valence-corrected chi connectivity index (χ1v) is 11.7. The molecule has 0 radical (unpaired) electrons. The molecule has 168 valence electrons. The van der Waals surface area contributed by atoms with E-state index in [0.29, 0.717) is 0 Å². The molecule has 1 aliphatic heterocycles. The van der Waals surface area contributed by atoms with Crippen LogP contribution < -0.4 is 10.2 Å². The molecule has 2 aliphatic rings. The van der Waals surface area contributed by atoms with Crippen molar-refractivity contribution in [3.8, 4) is 0 Å². The third kappa shape index (κ3) is 4.75. The third-order valence-electron chi connectivity index (χ3n) is 6.90. The Hall–Kier alpha value is -1.79. The summed E-state index contributed by atoms with van der Waals surface area (Å²) in [6, 6.07) is 8.42. The maximum Gasteiger partial charge on any atom is 0.322 e. The van der Waals surface area contributed by atoms with Gasteiger partial charge in [-0.3, -0.25) is 0 Å². The normalized spacial score (nSPS) is 23.7. The largest absolute Gasteiger partial charge is 0.378 e. The molecule has 1 aliphatic carbocycles. The Balaban J connectivity index is 1.71. The Morgan fingerprint density at radius 2 is 1.87 bits per heavy atom. The molecule has 30 heavy (non-hydrogen) atoms. The van der Waals surface area contributed by atoms with Gasteiger partial charge < -0.3 is 24.8 Å². The van der Waals surface area contributed by atoms with E-state index in [-0.39, 0.29) is 23.6 Å². The lowest BCUT2D eigenvalue weighted by Crippen LogP contribution is -2.64. The zero-order chi connectivity index (χ0) is 21.7. The van der Waals surface area contributed by atoms with E-state index < -0.39 is 0 Å². The fourth-order valence-corrected chi connectivity index (χ4v) is 4.86. The number of benzene rings is 1. The Bertz CT molecular complexity index is 700. The Morgan fingerprint density at radius 3 is 2.47 bits per heavy atom. The van der Waals surface area contributed by atoms with Gasteiger partial charge in [-0.05, 0) is 38.4 Å². The SMILES string of the molecule is CCCN(C(=O)Nc1ccccc1N1CCN(CC)CC1)[C@@H]1C[C@@H](OCC)C1(C)C. The van der Waals surface area contributed by atoms with Gasteiger partial charge in [-0.2, -0.15) is 0 Å². The number of piperazine rings is 1. The van der Waals surface area contributed by atoms with Crippen LogP contribution in [-0.2, 0) is 4.74 Å². The maximum atomic E-state index is 13.4. The summed E-state index contributed by atoms with van der Waals surface area (Å²) in [6.07, 6.45) is 2.08. The van der Waals surface area contributed by atoms with Gasteiger partial charge in [-0.1, -0.05) is 39.8 Å². The zero-order valence-electron chi connectivity index (χ0n) is 19.5. The van der Waals surface area contributed by atoms with E-state index in [9.17, 15) is 4.79 Å². The minimum absolute atomic E-state index is 0.00418. The van der Waals surface area contributed by atoms with E-state index in [0.717, 1.165) is 70.1 Å². The van der Waals surface area contributed by atoms with Gasteiger partial charge in [-0.15, -0.1) is 0 Å². The molecular weight excluding hydrogens is 376 g/mol. The molecule has 0 bridgehead atoms. The second kappa shape index (κ2) is 10.0. The van der Waals surface area contributed by atoms with Crippen molar-refractivity contribution in [2.24, 2.45) is 5.41 Å². The van der Waals surface area contributed by atoms with Gasteiger partial charge in [0.25, 0.3) is 0 Å². The first-order chi connectivity index (χ1) is 14.4. The number of anilines is 2. The van der Waals surface area contributed by atoms with Crippen molar-refractivity contribution in [2.45, 2.75) is 59.6 Å². The molecule has 1 aromatic carbocycles. The third-order valence-corrected chi connectivity index (χ3v) is 6.90. The fourth-order valence-electron chi connectivity index (χ4n) is 4.86. The van der Waals surface area contributed by atoms with Crippen LogP contribution >= 0.6 is 0 Å². The van der Waals surface area contributed by atoms with Crippen LogP contribution in [0.4, 0.5) is 16.2 Å². The molecule has 2 atom stereocenters. The standard InChI is InChI=1S/C24H40N4O2/c1-6-13-28(21-18-22(30-8-3)24(21,4)5)23(29)25-19-11-9-10-12-20(19)27-16-14-26(7-2)15-17-27/h9-12,21-22H,6-8,13-18H2,1-5H3,(H,25,29)/t21-,22-/m1/s1. The van der Waals surface area contributed by atoms with Crippen LogP contribution in [-0.4, -0.2) is 73.9 Å².